The molecule has 0 bridgehead atoms. The topological polar surface area (TPSA) is 30.0 Å². The highest BCUT2D eigenvalue weighted by Gasteiger charge is 2.28. The maximum atomic E-state index is 10.0. The third-order valence-electron chi connectivity index (χ3n) is 4.40. The second-order valence-electron chi connectivity index (χ2n) is 7.04. The molecule has 1 unspecified atom stereocenters. The summed E-state index contributed by atoms with van der Waals surface area (Å²) in [6.45, 7) is 11.7. The largest absolute Gasteiger partial charge is 0.389 e. The van der Waals surface area contributed by atoms with Crippen LogP contribution in [-0.4, -0.2) is 84.3 Å². The first-order valence-corrected chi connectivity index (χ1v) is 7.81. The summed E-state index contributed by atoms with van der Waals surface area (Å²) in [5.74, 6) is 0. The molecule has 0 aromatic rings. The number of likely N-dealkylation sites (tertiary alicyclic amines) is 1. The monoisotopic (exact) mass is 269 g/mol. The van der Waals surface area contributed by atoms with Gasteiger partial charge in [0.2, 0.25) is 0 Å². The van der Waals surface area contributed by atoms with Gasteiger partial charge in [-0.05, 0) is 40.3 Å². The van der Waals surface area contributed by atoms with Gasteiger partial charge in [0.15, 0.2) is 0 Å². The van der Waals surface area contributed by atoms with Crippen molar-refractivity contribution in [3.05, 3.63) is 0 Å². The van der Waals surface area contributed by atoms with E-state index in [9.17, 15) is 5.11 Å². The Bertz CT molecular complexity index is 269. The van der Waals surface area contributed by atoms with Crippen LogP contribution in [0.4, 0.5) is 0 Å². The highest BCUT2D eigenvalue weighted by Crippen LogP contribution is 2.19. The second-order valence-corrected chi connectivity index (χ2v) is 7.04. The molecule has 0 saturated carbocycles. The number of hydrogen-bond acceptors (Lipinski definition) is 4. The Labute approximate surface area is 118 Å². The van der Waals surface area contributed by atoms with Gasteiger partial charge in [0.05, 0.1) is 5.60 Å². The van der Waals surface area contributed by atoms with Crippen molar-refractivity contribution in [3.8, 4) is 0 Å². The Hall–Kier alpha value is -0.160. The van der Waals surface area contributed by atoms with Crippen LogP contribution in [0.5, 0.6) is 0 Å². The molecule has 1 atom stereocenters. The van der Waals surface area contributed by atoms with Gasteiger partial charge in [-0.3, -0.25) is 9.80 Å². The van der Waals surface area contributed by atoms with Crippen molar-refractivity contribution in [2.75, 3.05) is 52.9 Å². The van der Waals surface area contributed by atoms with Crippen LogP contribution < -0.4 is 0 Å². The molecule has 19 heavy (non-hydrogen) atoms. The van der Waals surface area contributed by atoms with Gasteiger partial charge in [-0.15, -0.1) is 0 Å². The van der Waals surface area contributed by atoms with Crippen LogP contribution in [0.3, 0.4) is 0 Å². The Morgan fingerprint density at radius 1 is 1.05 bits per heavy atom. The van der Waals surface area contributed by atoms with Gasteiger partial charge in [0, 0.05) is 45.3 Å². The SMILES string of the molecule is CN1CCN(C2CCCCN(CC(C)(C)O)C2)CC1. The fraction of sp³-hybridized carbons (Fsp3) is 1.00. The summed E-state index contributed by atoms with van der Waals surface area (Å²) >= 11 is 0. The molecule has 0 aromatic carbocycles. The van der Waals surface area contributed by atoms with Crippen LogP contribution >= 0.6 is 0 Å². The van der Waals surface area contributed by atoms with E-state index < -0.39 is 5.60 Å². The number of aliphatic hydroxyl groups is 1. The number of rotatable bonds is 3. The average molecular weight is 269 g/mol. The minimum Gasteiger partial charge on any atom is -0.389 e. The predicted molar refractivity (Wildman–Crippen MR) is 79.4 cm³/mol. The van der Waals surface area contributed by atoms with Crippen LogP contribution in [0.25, 0.3) is 0 Å². The summed E-state index contributed by atoms with van der Waals surface area (Å²) in [5.41, 5.74) is -0.572. The highest BCUT2D eigenvalue weighted by molar-refractivity contribution is 4.84. The van der Waals surface area contributed by atoms with E-state index in [0.29, 0.717) is 6.04 Å². The molecule has 2 saturated heterocycles. The molecule has 2 aliphatic rings. The Kier molecular flexibility index (Phi) is 5.23. The van der Waals surface area contributed by atoms with Gasteiger partial charge >= 0.3 is 0 Å². The van der Waals surface area contributed by atoms with Gasteiger partial charge < -0.3 is 10.0 Å². The Morgan fingerprint density at radius 3 is 2.37 bits per heavy atom. The second kappa shape index (κ2) is 6.53. The quantitative estimate of drug-likeness (QED) is 0.823. The van der Waals surface area contributed by atoms with Crippen molar-refractivity contribution in [2.24, 2.45) is 0 Å². The first-order valence-electron chi connectivity index (χ1n) is 7.81. The van der Waals surface area contributed by atoms with Crippen molar-refractivity contribution in [1.82, 2.24) is 14.7 Å². The summed E-state index contributed by atoms with van der Waals surface area (Å²) in [5, 5.41) is 10.0. The maximum absolute atomic E-state index is 10.0. The van der Waals surface area contributed by atoms with Crippen molar-refractivity contribution in [3.63, 3.8) is 0 Å². The summed E-state index contributed by atoms with van der Waals surface area (Å²) in [6.07, 6.45) is 3.94. The van der Waals surface area contributed by atoms with Crippen LogP contribution in [0.2, 0.25) is 0 Å². The van der Waals surface area contributed by atoms with E-state index in [1.54, 1.807) is 0 Å². The van der Waals surface area contributed by atoms with E-state index in [-0.39, 0.29) is 0 Å². The van der Waals surface area contributed by atoms with Crippen molar-refractivity contribution >= 4 is 0 Å². The summed E-state index contributed by atoms with van der Waals surface area (Å²) in [4.78, 5) is 7.56. The van der Waals surface area contributed by atoms with E-state index in [1.807, 2.05) is 13.8 Å². The van der Waals surface area contributed by atoms with Crippen LogP contribution in [0, 0.1) is 0 Å². The summed E-state index contributed by atoms with van der Waals surface area (Å²) < 4.78 is 0. The molecule has 4 heteroatoms. The molecule has 4 nitrogen and oxygen atoms in total. The van der Waals surface area contributed by atoms with E-state index in [2.05, 4.69) is 21.7 Å². The molecule has 2 rings (SSSR count). The van der Waals surface area contributed by atoms with Gasteiger partial charge in [-0.1, -0.05) is 6.42 Å². The van der Waals surface area contributed by atoms with Crippen molar-refractivity contribution in [1.29, 1.82) is 0 Å². The zero-order valence-electron chi connectivity index (χ0n) is 12.9. The molecule has 112 valence electrons. The van der Waals surface area contributed by atoms with Gasteiger partial charge in [-0.2, -0.15) is 0 Å². The van der Waals surface area contributed by atoms with Gasteiger partial charge in [0.1, 0.15) is 0 Å². The zero-order chi connectivity index (χ0) is 13.9. The number of β-amino-alcohol motifs (C(OH)–C–C–N with tert-alkyl or cyclic N) is 1. The lowest BCUT2D eigenvalue weighted by Gasteiger charge is -2.39. The van der Waals surface area contributed by atoms with Gasteiger partial charge in [-0.25, -0.2) is 0 Å². The standard InChI is InChI=1S/C15H31N3O/c1-15(2,19)13-17-7-5-4-6-14(12-17)18-10-8-16(3)9-11-18/h14,19H,4-13H2,1-3H3. The average Bonchev–Trinajstić information content (AvgIpc) is 2.53. The molecular weight excluding hydrogens is 238 g/mol. The number of hydrogen-bond donors (Lipinski definition) is 1. The molecule has 2 fully saturated rings. The third-order valence-corrected chi connectivity index (χ3v) is 4.40. The molecule has 0 radical (unpaired) electrons. The number of nitrogens with zero attached hydrogens (tertiary/aromatic N) is 3. The predicted octanol–water partition coefficient (Wildman–Crippen LogP) is 0.859. The van der Waals surface area contributed by atoms with E-state index in [1.165, 1.54) is 45.4 Å². The van der Waals surface area contributed by atoms with Gasteiger partial charge in [0.25, 0.3) is 0 Å². The zero-order valence-corrected chi connectivity index (χ0v) is 12.9. The van der Waals surface area contributed by atoms with Crippen molar-refractivity contribution < 1.29 is 5.11 Å². The fourth-order valence-corrected chi connectivity index (χ4v) is 3.37. The summed E-state index contributed by atoms with van der Waals surface area (Å²) in [6, 6.07) is 0.693. The molecule has 0 spiro atoms. The molecular formula is C15H31N3O. The molecule has 2 heterocycles. The molecule has 0 aromatic heterocycles. The van der Waals surface area contributed by atoms with Crippen molar-refractivity contribution in [2.45, 2.75) is 44.8 Å². The normalized spacial score (nSPS) is 29.4. The molecule has 0 aliphatic carbocycles. The Morgan fingerprint density at radius 2 is 1.74 bits per heavy atom. The van der Waals surface area contributed by atoms with E-state index >= 15 is 0 Å². The molecule has 2 aliphatic heterocycles. The first-order chi connectivity index (χ1) is 8.94. The van der Waals surface area contributed by atoms with E-state index in [4.69, 9.17) is 0 Å². The number of piperazine rings is 1. The lowest BCUT2D eigenvalue weighted by molar-refractivity contribution is 0.0237. The minimum atomic E-state index is -0.572. The van der Waals surface area contributed by atoms with Crippen LogP contribution in [-0.2, 0) is 0 Å². The Balaban J connectivity index is 1.89. The van der Waals surface area contributed by atoms with Crippen LogP contribution in [0.15, 0.2) is 0 Å². The number of likely N-dealkylation sites (N-methyl/N-ethyl adjacent to an activating group) is 1. The summed E-state index contributed by atoms with van der Waals surface area (Å²) in [7, 11) is 2.21. The molecule has 0 amide bonds. The minimum absolute atomic E-state index is 0.572. The fourth-order valence-electron chi connectivity index (χ4n) is 3.37. The smallest absolute Gasteiger partial charge is 0.0718 e. The lowest BCUT2D eigenvalue weighted by atomic mass is 10.1. The highest BCUT2D eigenvalue weighted by atomic mass is 16.3. The third kappa shape index (κ3) is 5.03. The first kappa shape index (κ1) is 15.2. The maximum Gasteiger partial charge on any atom is 0.0718 e. The van der Waals surface area contributed by atoms with Crippen LogP contribution in [0.1, 0.15) is 33.1 Å². The lowest BCUT2D eigenvalue weighted by Crippen LogP contribution is -2.52. The molecule has 1 N–H and O–H groups in total. The van der Waals surface area contributed by atoms with E-state index in [0.717, 1.165) is 19.6 Å².